The number of carbonyl (C=O) groups is 1. The second-order valence-corrected chi connectivity index (χ2v) is 11.1. The molecule has 1 aliphatic rings. The number of aliphatic hydroxyl groups is 3. The van der Waals surface area contributed by atoms with E-state index in [1.54, 1.807) is 19.2 Å². The number of nitrogens with two attached hydrogens (primary N) is 1. The van der Waals surface area contributed by atoms with E-state index in [1.165, 1.54) is 36.6 Å². The molecule has 1 fully saturated rings. The van der Waals surface area contributed by atoms with Crippen molar-refractivity contribution in [1.82, 2.24) is 10.6 Å². The molecular weight excluding hydrogens is 576 g/mol. The smallest absolute Gasteiger partial charge is 0.335 e. The van der Waals surface area contributed by atoms with Crippen LogP contribution in [0.4, 0.5) is 0 Å². The third-order valence-electron chi connectivity index (χ3n) is 7.78. The van der Waals surface area contributed by atoms with Crippen LogP contribution in [-0.2, 0) is 9.53 Å². The molecule has 0 unspecified atom stereocenters. The molecule has 0 bridgehead atoms. The number of aromatic hydroxyl groups is 1. The Hall–Kier alpha value is -4.21. The molecule has 0 amide bonds. The summed E-state index contributed by atoms with van der Waals surface area (Å²) in [5.41, 5.74) is 4.02. The molecular formula is C30H38N4O10. The van der Waals surface area contributed by atoms with Crippen molar-refractivity contribution >= 4 is 22.9 Å². The van der Waals surface area contributed by atoms with E-state index in [0.29, 0.717) is 18.7 Å². The summed E-state index contributed by atoms with van der Waals surface area (Å²) < 4.78 is 17.0. The molecule has 14 nitrogen and oxygen atoms in total. The summed E-state index contributed by atoms with van der Waals surface area (Å²) in [6.45, 7) is 4.46. The summed E-state index contributed by atoms with van der Waals surface area (Å²) in [4.78, 5) is 28.8. The monoisotopic (exact) mass is 614 g/mol. The number of nitrogens with one attached hydrogen (secondary N) is 2. The van der Waals surface area contributed by atoms with Gasteiger partial charge in [0.2, 0.25) is 6.29 Å². The minimum atomic E-state index is -2.30. The highest BCUT2D eigenvalue weighted by Crippen LogP contribution is 2.33. The van der Waals surface area contributed by atoms with Gasteiger partial charge in [0.25, 0.3) is 0 Å². The fourth-order valence-electron chi connectivity index (χ4n) is 4.92. The Morgan fingerprint density at radius 3 is 2.50 bits per heavy atom. The van der Waals surface area contributed by atoms with Crippen LogP contribution in [0.15, 0.2) is 62.9 Å². The predicted molar refractivity (Wildman–Crippen MR) is 160 cm³/mol. The van der Waals surface area contributed by atoms with Crippen LogP contribution in [0, 0.1) is 11.8 Å². The van der Waals surface area contributed by atoms with Crippen LogP contribution in [0.1, 0.15) is 13.8 Å². The second-order valence-electron chi connectivity index (χ2n) is 11.1. The van der Waals surface area contributed by atoms with E-state index < -0.39 is 36.2 Å². The Balaban J connectivity index is 1.58. The number of phenols is 1. The average Bonchev–Trinajstić information content (AvgIpc) is 2.99. The maximum absolute atomic E-state index is 13.2. The number of rotatable bonds is 11. The number of guanidine groups is 1. The van der Waals surface area contributed by atoms with Crippen LogP contribution < -0.4 is 26.5 Å². The molecule has 14 heteroatoms. The van der Waals surface area contributed by atoms with Gasteiger partial charge in [-0.05, 0) is 41.7 Å². The number of benzene rings is 2. The molecule has 6 atom stereocenters. The molecule has 9 N–H and O–H groups in total. The third-order valence-corrected chi connectivity index (χ3v) is 7.78. The van der Waals surface area contributed by atoms with E-state index in [0.717, 1.165) is 0 Å². The zero-order valence-corrected chi connectivity index (χ0v) is 24.5. The average molecular weight is 615 g/mol. The maximum Gasteiger partial charge on any atom is 0.335 e. The van der Waals surface area contributed by atoms with E-state index in [2.05, 4.69) is 15.6 Å². The number of aliphatic imine (C=N–C) groups is 1. The summed E-state index contributed by atoms with van der Waals surface area (Å²) >= 11 is 0. The Morgan fingerprint density at radius 2 is 1.86 bits per heavy atom. The predicted octanol–water partition coefficient (Wildman–Crippen LogP) is 0.203. The lowest BCUT2D eigenvalue weighted by Gasteiger charge is -2.47. The van der Waals surface area contributed by atoms with E-state index in [4.69, 9.17) is 19.6 Å². The molecule has 1 aromatic heterocycles. The minimum Gasteiger partial charge on any atom is -0.508 e. The molecule has 2 aromatic carbocycles. The van der Waals surface area contributed by atoms with Gasteiger partial charge >= 0.3 is 5.97 Å². The largest absolute Gasteiger partial charge is 0.508 e. The standard InChI is InChI=1S/C30H38N4O10/c1-15(2)17(12-34-29(31)32-3)11-33-14-30(41)26(38)24(37)25(27(39)40)44-28(30)43-19-8-9-20-22(10-19)42-13-21(23(20)36)16-4-6-18(35)7-5-16/h4-10,13,15,17,24-26,28,33,35,37-38,41H,11-12,14H2,1-3H3,(H,39,40)(H3,31,32,34)/t17-,24+,25-,26-,28+,30-/m0/s1. The Morgan fingerprint density at radius 1 is 1.16 bits per heavy atom. The number of aliphatic carboxylic acids is 1. The lowest BCUT2D eigenvalue weighted by Crippen LogP contribution is -2.71. The number of ether oxygens (including phenoxy) is 2. The molecule has 1 aliphatic heterocycles. The highest BCUT2D eigenvalue weighted by Gasteiger charge is 2.58. The van der Waals surface area contributed by atoms with E-state index in [1.807, 2.05) is 13.8 Å². The van der Waals surface area contributed by atoms with Crippen LogP contribution in [0.2, 0.25) is 0 Å². The lowest BCUT2D eigenvalue weighted by molar-refractivity contribution is -0.311. The topological polar surface area (TPSA) is 229 Å². The SMILES string of the molecule is CN=C(N)NC[C@H](CNC[C@@]1(O)[C@H](Oc2ccc3c(=O)c(-c4ccc(O)cc4)coc3c2)O[C@H](C(=O)O)[C@@H](O)[C@@H]1O)C(C)C. The van der Waals surface area contributed by atoms with Gasteiger partial charge in [-0.1, -0.05) is 26.0 Å². The van der Waals surface area contributed by atoms with Crippen LogP contribution in [0.3, 0.4) is 0 Å². The minimum absolute atomic E-state index is 0.00599. The van der Waals surface area contributed by atoms with Crippen molar-refractivity contribution in [2.75, 3.05) is 26.7 Å². The molecule has 44 heavy (non-hydrogen) atoms. The number of hydrogen-bond acceptors (Lipinski definition) is 11. The van der Waals surface area contributed by atoms with Crippen molar-refractivity contribution in [2.24, 2.45) is 22.6 Å². The third kappa shape index (κ3) is 6.95. The quantitative estimate of drug-likeness (QED) is 0.107. The van der Waals surface area contributed by atoms with E-state index in [-0.39, 0.29) is 57.8 Å². The lowest BCUT2D eigenvalue weighted by atomic mass is 9.85. The second kappa shape index (κ2) is 13.6. The fourth-order valence-corrected chi connectivity index (χ4v) is 4.92. The summed E-state index contributed by atoms with van der Waals surface area (Å²) in [6.07, 6.45) is -6.33. The van der Waals surface area contributed by atoms with Crippen molar-refractivity contribution < 1.29 is 44.2 Å². The molecule has 0 aliphatic carbocycles. The first-order valence-electron chi connectivity index (χ1n) is 14.0. The first-order valence-corrected chi connectivity index (χ1v) is 14.0. The van der Waals surface area contributed by atoms with Gasteiger partial charge < -0.3 is 55.8 Å². The number of aliphatic hydroxyl groups excluding tert-OH is 2. The number of hydrogen-bond donors (Lipinski definition) is 8. The van der Waals surface area contributed by atoms with Crippen molar-refractivity contribution in [3.63, 3.8) is 0 Å². The number of phenolic OH excluding ortho intramolecular Hbond substituents is 1. The summed E-state index contributed by atoms with van der Waals surface area (Å²) in [5.74, 6) is -1.03. The van der Waals surface area contributed by atoms with Gasteiger partial charge in [-0.25, -0.2) is 4.79 Å². The van der Waals surface area contributed by atoms with Crippen molar-refractivity contribution in [2.45, 2.75) is 44.1 Å². The number of fused-ring (bicyclic) bond motifs is 1. The Labute approximate surface area is 252 Å². The highest BCUT2D eigenvalue weighted by molar-refractivity contribution is 5.82. The zero-order chi connectivity index (χ0) is 32.2. The Kier molecular flexibility index (Phi) is 10.1. The fraction of sp³-hybridized carbons (Fsp3) is 0.433. The van der Waals surface area contributed by atoms with Crippen molar-refractivity contribution in [1.29, 1.82) is 0 Å². The van der Waals surface area contributed by atoms with Gasteiger partial charge in [-0.3, -0.25) is 9.79 Å². The summed E-state index contributed by atoms with van der Waals surface area (Å²) in [6, 6.07) is 10.3. The molecule has 4 rings (SSSR count). The first kappa shape index (κ1) is 32.7. The van der Waals surface area contributed by atoms with Crippen LogP contribution >= 0.6 is 0 Å². The number of carboxylic acids is 1. The van der Waals surface area contributed by atoms with Crippen LogP contribution in [0.5, 0.6) is 11.5 Å². The van der Waals surface area contributed by atoms with Crippen LogP contribution in [-0.4, -0.2) is 94.3 Å². The molecule has 0 spiro atoms. The molecule has 1 saturated heterocycles. The number of nitrogens with zero attached hydrogens (tertiary/aromatic N) is 1. The van der Waals surface area contributed by atoms with Crippen LogP contribution in [0.25, 0.3) is 22.1 Å². The van der Waals surface area contributed by atoms with Gasteiger partial charge in [0, 0.05) is 32.7 Å². The van der Waals surface area contributed by atoms with Gasteiger partial charge in [0.15, 0.2) is 23.1 Å². The van der Waals surface area contributed by atoms with Crippen molar-refractivity contribution in [3.8, 4) is 22.6 Å². The zero-order valence-electron chi connectivity index (χ0n) is 24.5. The molecule has 3 aromatic rings. The number of carboxylic acid groups (broad SMARTS) is 1. The van der Waals surface area contributed by atoms with E-state index in [9.17, 15) is 35.1 Å². The molecule has 0 saturated carbocycles. The summed E-state index contributed by atoms with van der Waals surface area (Å²) in [5, 5.41) is 58.5. The first-order chi connectivity index (χ1) is 20.8. The normalized spacial score (nSPS) is 24.8. The molecule has 2 heterocycles. The molecule has 238 valence electrons. The molecule has 0 radical (unpaired) electrons. The van der Waals surface area contributed by atoms with Gasteiger partial charge in [0.05, 0.1) is 10.9 Å². The van der Waals surface area contributed by atoms with Gasteiger partial charge in [0.1, 0.15) is 35.6 Å². The summed E-state index contributed by atoms with van der Waals surface area (Å²) in [7, 11) is 1.55. The Bertz CT molecular complexity index is 1540. The van der Waals surface area contributed by atoms with Gasteiger partial charge in [-0.2, -0.15) is 0 Å². The van der Waals surface area contributed by atoms with Gasteiger partial charge in [-0.15, -0.1) is 0 Å². The highest BCUT2D eigenvalue weighted by atomic mass is 16.7. The van der Waals surface area contributed by atoms with Crippen molar-refractivity contribution in [3.05, 3.63) is 59.0 Å². The maximum atomic E-state index is 13.2. The van der Waals surface area contributed by atoms with E-state index >= 15 is 0 Å².